The summed E-state index contributed by atoms with van der Waals surface area (Å²) in [4.78, 5) is 0. The van der Waals surface area contributed by atoms with E-state index < -0.39 is 23.8 Å². The molecule has 0 saturated heterocycles. The highest BCUT2D eigenvalue weighted by atomic mass is 19.1. The van der Waals surface area contributed by atoms with Gasteiger partial charge in [0.05, 0.1) is 12.1 Å². The number of hydrogen-bond acceptors (Lipinski definition) is 2. The summed E-state index contributed by atoms with van der Waals surface area (Å²) < 4.78 is 27.4. The lowest BCUT2D eigenvalue weighted by Crippen LogP contribution is -2.33. The number of nitrogens with two attached hydrogens (primary N) is 1. The number of halogens is 2. The van der Waals surface area contributed by atoms with Gasteiger partial charge in [-0.2, -0.15) is 0 Å². The average Bonchev–Trinajstić information content (AvgIpc) is 2.32. The Morgan fingerprint density at radius 1 is 1.35 bits per heavy atom. The van der Waals surface area contributed by atoms with Crippen molar-refractivity contribution in [2.24, 2.45) is 11.7 Å². The molecule has 96 valence electrons. The van der Waals surface area contributed by atoms with Gasteiger partial charge in [0, 0.05) is 5.56 Å². The lowest BCUT2D eigenvalue weighted by atomic mass is 9.90. The molecule has 0 aromatic heterocycles. The minimum atomic E-state index is -1.04. The fraction of sp³-hybridized carbons (Fsp3) is 0.538. The molecule has 0 aliphatic rings. The second-order valence-electron chi connectivity index (χ2n) is 4.49. The molecule has 0 aliphatic carbocycles. The molecule has 1 unspecified atom stereocenters. The van der Waals surface area contributed by atoms with Gasteiger partial charge in [0.2, 0.25) is 0 Å². The van der Waals surface area contributed by atoms with Crippen LogP contribution in [0, 0.1) is 24.5 Å². The van der Waals surface area contributed by atoms with Crippen LogP contribution in [0.25, 0.3) is 0 Å². The Morgan fingerprint density at radius 3 is 2.47 bits per heavy atom. The van der Waals surface area contributed by atoms with Crippen molar-refractivity contribution in [2.75, 3.05) is 0 Å². The molecule has 0 amide bonds. The Labute approximate surface area is 100 Å². The zero-order chi connectivity index (χ0) is 13.2. The molecule has 0 saturated carbocycles. The van der Waals surface area contributed by atoms with Crippen molar-refractivity contribution in [3.63, 3.8) is 0 Å². The summed E-state index contributed by atoms with van der Waals surface area (Å²) in [5, 5.41) is 9.92. The summed E-state index contributed by atoms with van der Waals surface area (Å²) in [7, 11) is 0. The van der Waals surface area contributed by atoms with Crippen molar-refractivity contribution >= 4 is 0 Å². The smallest absolute Gasteiger partial charge is 0.133 e. The third kappa shape index (κ3) is 2.82. The van der Waals surface area contributed by atoms with Crippen LogP contribution in [0.4, 0.5) is 8.78 Å². The number of aliphatic hydroxyl groups excluding tert-OH is 1. The summed E-state index contributed by atoms with van der Waals surface area (Å²) in [6, 6.07) is 1.50. The molecule has 0 aliphatic heterocycles. The van der Waals surface area contributed by atoms with E-state index in [4.69, 9.17) is 5.73 Å². The molecule has 0 spiro atoms. The molecule has 4 heteroatoms. The maximum atomic E-state index is 13.8. The molecule has 2 nitrogen and oxygen atoms in total. The van der Waals surface area contributed by atoms with E-state index in [0.29, 0.717) is 12.0 Å². The van der Waals surface area contributed by atoms with E-state index in [2.05, 4.69) is 0 Å². The molecule has 1 aromatic rings. The van der Waals surface area contributed by atoms with Crippen LogP contribution in [-0.2, 0) is 0 Å². The predicted octanol–water partition coefficient (Wildman–Crippen LogP) is 2.68. The second kappa shape index (κ2) is 5.56. The number of benzene rings is 1. The van der Waals surface area contributed by atoms with Crippen molar-refractivity contribution in [1.29, 1.82) is 0 Å². The lowest BCUT2D eigenvalue weighted by molar-refractivity contribution is 0.0853. The Bertz CT molecular complexity index is 395. The second-order valence-corrected chi connectivity index (χ2v) is 4.49. The summed E-state index contributed by atoms with van der Waals surface area (Å²) in [6.45, 7) is 5.24. The van der Waals surface area contributed by atoms with Crippen LogP contribution in [0.1, 0.15) is 37.4 Å². The van der Waals surface area contributed by atoms with Crippen molar-refractivity contribution in [3.8, 4) is 0 Å². The van der Waals surface area contributed by atoms with Crippen LogP contribution in [-0.4, -0.2) is 11.2 Å². The van der Waals surface area contributed by atoms with Crippen LogP contribution in [0.2, 0.25) is 0 Å². The summed E-state index contributed by atoms with van der Waals surface area (Å²) in [5.74, 6) is -1.48. The Morgan fingerprint density at radius 2 is 1.94 bits per heavy atom. The first-order valence-electron chi connectivity index (χ1n) is 5.78. The van der Waals surface area contributed by atoms with E-state index in [1.807, 2.05) is 6.92 Å². The fourth-order valence-electron chi connectivity index (χ4n) is 1.75. The van der Waals surface area contributed by atoms with Gasteiger partial charge in [0.15, 0.2) is 0 Å². The van der Waals surface area contributed by atoms with E-state index in [1.165, 1.54) is 12.1 Å². The van der Waals surface area contributed by atoms with Gasteiger partial charge in [-0.3, -0.25) is 0 Å². The van der Waals surface area contributed by atoms with Crippen molar-refractivity contribution in [1.82, 2.24) is 0 Å². The fourth-order valence-corrected chi connectivity index (χ4v) is 1.75. The molecule has 0 fully saturated rings. The topological polar surface area (TPSA) is 46.2 Å². The zero-order valence-corrected chi connectivity index (χ0v) is 10.4. The largest absolute Gasteiger partial charge is 0.391 e. The predicted molar refractivity (Wildman–Crippen MR) is 63.5 cm³/mol. The molecular weight excluding hydrogens is 224 g/mol. The Hall–Kier alpha value is -1.00. The SMILES string of the molecule is CCC(C)[C@H](O)[C@H](N)c1c(F)ccc(C)c1F. The first kappa shape index (κ1) is 14.1. The highest BCUT2D eigenvalue weighted by Crippen LogP contribution is 2.27. The monoisotopic (exact) mass is 243 g/mol. The minimum absolute atomic E-state index is 0.107. The lowest BCUT2D eigenvalue weighted by Gasteiger charge is -2.25. The summed E-state index contributed by atoms with van der Waals surface area (Å²) >= 11 is 0. The van der Waals surface area contributed by atoms with Crippen LogP contribution < -0.4 is 5.73 Å². The van der Waals surface area contributed by atoms with Crippen molar-refractivity contribution in [3.05, 3.63) is 34.9 Å². The van der Waals surface area contributed by atoms with Gasteiger partial charge in [-0.1, -0.05) is 26.3 Å². The van der Waals surface area contributed by atoms with E-state index in [1.54, 1.807) is 13.8 Å². The summed E-state index contributed by atoms with van der Waals surface area (Å²) in [6.07, 6.45) is -0.255. The quantitative estimate of drug-likeness (QED) is 0.854. The number of rotatable bonds is 4. The van der Waals surface area contributed by atoms with Crippen LogP contribution >= 0.6 is 0 Å². The first-order valence-corrected chi connectivity index (χ1v) is 5.78. The highest BCUT2D eigenvalue weighted by Gasteiger charge is 2.27. The maximum absolute atomic E-state index is 13.8. The number of aliphatic hydroxyl groups is 1. The Balaban J connectivity index is 3.11. The number of hydrogen-bond donors (Lipinski definition) is 2. The number of aryl methyl sites for hydroxylation is 1. The molecule has 0 bridgehead atoms. The molecular formula is C13H19F2NO. The van der Waals surface area contributed by atoms with E-state index in [0.717, 1.165) is 0 Å². The van der Waals surface area contributed by atoms with Gasteiger partial charge >= 0.3 is 0 Å². The van der Waals surface area contributed by atoms with Gasteiger partial charge in [-0.25, -0.2) is 8.78 Å². The third-order valence-corrected chi connectivity index (χ3v) is 3.25. The van der Waals surface area contributed by atoms with E-state index in [-0.39, 0.29) is 11.5 Å². The van der Waals surface area contributed by atoms with Gasteiger partial charge in [0.25, 0.3) is 0 Å². The molecule has 1 aromatic carbocycles. The minimum Gasteiger partial charge on any atom is -0.391 e. The highest BCUT2D eigenvalue weighted by molar-refractivity contribution is 5.29. The van der Waals surface area contributed by atoms with E-state index in [9.17, 15) is 13.9 Å². The zero-order valence-electron chi connectivity index (χ0n) is 10.4. The van der Waals surface area contributed by atoms with E-state index >= 15 is 0 Å². The van der Waals surface area contributed by atoms with Crippen molar-refractivity contribution in [2.45, 2.75) is 39.3 Å². The molecule has 1 rings (SSSR count). The van der Waals surface area contributed by atoms with Crippen LogP contribution in [0.3, 0.4) is 0 Å². The standard InChI is InChI=1S/C13H19F2NO/c1-4-7(2)13(17)12(16)10-9(14)6-5-8(3)11(10)15/h5-7,12-13,17H,4,16H2,1-3H3/t7?,12-,13+/m1/s1. The van der Waals surface area contributed by atoms with Crippen molar-refractivity contribution < 1.29 is 13.9 Å². The maximum Gasteiger partial charge on any atom is 0.133 e. The van der Waals surface area contributed by atoms with Crippen LogP contribution in [0.15, 0.2) is 12.1 Å². The van der Waals surface area contributed by atoms with Gasteiger partial charge in [0.1, 0.15) is 11.6 Å². The van der Waals surface area contributed by atoms with Gasteiger partial charge in [-0.05, 0) is 24.5 Å². The third-order valence-electron chi connectivity index (χ3n) is 3.25. The molecule has 17 heavy (non-hydrogen) atoms. The molecule has 3 N–H and O–H groups in total. The van der Waals surface area contributed by atoms with Gasteiger partial charge in [-0.15, -0.1) is 0 Å². The van der Waals surface area contributed by atoms with Gasteiger partial charge < -0.3 is 10.8 Å². The average molecular weight is 243 g/mol. The molecule has 0 radical (unpaired) electrons. The Kier molecular flexibility index (Phi) is 4.60. The summed E-state index contributed by atoms with van der Waals surface area (Å²) in [5.41, 5.74) is 5.86. The molecule has 3 atom stereocenters. The first-order chi connectivity index (χ1) is 7.90. The van der Waals surface area contributed by atoms with Crippen LogP contribution in [0.5, 0.6) is 0 Å². The normalized spacial score (nSPS) is 16.6. The molecule has 0 heterocycles.